The minimum atomic E-state index is -4.69. The third kappa shape index (κ3) is 6.29. The first-order valence-corrected chi connectivity index (χ1v) is 11.6. The number of pyridine rings is 1. The summed E-state index contributed by atoms with van der Waals surface area (Å²) in [6.07, 6.45) is 1.87. The lowest BCUT2D eigenvalue weighted by atomic mass is 9.99. The highest BCUT2D eigenvalue weighted by Crippen LogP contribution is 2.37. The van der Waals surface area contributed by atoms with Crippen LogP contribution in [-0.2, 0) is 0 Å². The van der Waals surface area contributed by atoms with Gasteiger partial charge in [-0.05, 0) is 31.7 Å². The number of hydrogen-bond acceptors (Lipinski definition) is 6. The van der Waals surface area contributed by atoms with Crippen molar-refractivity contribution in [3.8, 4) is 0 Å². The van der Waals surface area contributed by atoms with E-state index in [-0.39, 0.29) is 35.4 Å². The highest BCUT2D eigenvalue weighted by Gasteiger charge is 2.35. The first kappa shape index (κ1) is 26.2. The maximum atomic E-state index is 14.7. The number of hydrogen-bond donors (Lipinski definition) is 2. The van der Waals surface area contributed by atoms with Crippen LogP contribution in [0.3, 0.4) is 0 Å². The number of rotatable bonds is 7. The first-order chi connectivity index (χ1) is 17.6. The van der Waals surface area contributed by atoms with Crippen molar-refractivity contribution in [1.29, 1.82) is 0 Å². The predicted octanol–water partition coefficient (Wildman–Crippen LogP) is 4.50. The summed E-state index contributed by atoms with van der Waals surface area (Å²) in [4.78, 5) is 25.8. The fourth-order valence-corrected chi connectivity index (χ4v) is 4.14. The molecule has 2 N–H and O–H groups in total. The number of halogens is 4. The Hall–Kier alpha value is -3.86. The van der Waals surface area contributed by atoms with Crippen LogP contribution >= 0.6 is 0 Å². The average Bonchev–Trinajstić information content (AvgIpc) is 2.87. The van der Waals surface area contributed by atoms with E-state index in [1.807, 2.05) is 11.9 Å². The fraction of sp³-hybridized carbons (Fsp3) is 0.308. The molecule has 3 aromatic rings. The molecular formula is C26H26F4N6O. The summed E-state index contributed by atoms with van der Waals surface area (Å²) in [5.74, 6) is -0.395. The number of carbonyl (C=O) groups excluding carboxylic acids is 1. The predicted molar refractivity (Wildman–Crippen MR) is 135 cm³/mol. The van der Waals surface area contributed by atoms with Crippen LogP contribution in [0.15, 0.2) is 55.6 Å². The van der Waals surface area contributed by atoms with Gasteiger partial charge in [0, 0.05) is 48.5 Å². The number of fused-ring (bicyclic) bond motifs is 1. The quantitative estimate of drug-likeness (QED) is 0.452. The smallest absolute Gasteiger partial charge is 0.379 e. The van der Waals surface area contributed by atoms with Crippen molar-refractivity contribution in [1.82, 2.24) is 25.2 Å². The van der Waals surface area contributed by atoms with E-state index >= 15 is 0 Å². The highest BCUT2D eigenvalue weighted by molar-refractivity contribution is 6.01. The molecule has 7 nitrogen and oxygen atoms in total. The van der Waals surface area contributed by atoms with Gasteiger partial charge in [0.25, 0.3) is 5.91 Å². The Balaban J connectivity index is 1.64. The molecule has 1 aliphatic heterocycles. The van der Waals surface area contributed by atoms with Crippen molar-refractivity contribution < 1.29 is 22.4 Å². The van der Waals surface area contributed by atoms with Gasteiger partial charge in [-0.1, -0.05) is 24.8 Å². The molecular weight excluding hydrogens is 488 g/mol. The third-order valence-corrected chi connectivity index (χ3v) is 6.10. The standard InChI is InChI=1S/C26H26F4N6O/c1-16(26(28,29)30)24-19-6-3-7-22(35-23-8-10-36(2)14-21(23)27)20(19)11-18(34-24)5-4-9-33-25(37)17-12-31-15-32-13-17/h3-7,11-13,15,21,23,35H,1,8-10,14H2,2H3,(H,33,37)/b5-4+/t21-,23+/m0/s1. The van der Waals surface area contributed by atoms with Gasteiger partial charge in [0.2, 0.25) is 0 Å². The van der Waals surface area contributed by atoms with E-state index in [1.54, 1.807) is 24.3 Å². The van der Waals surface area contributed by atoms with Gasteiger partial charge >= 0.3 is 6.18 Å². The molecule has 0 saturated carbocycles. The summed E-state index contributed by atoms with van der Waals surface area (Å²) in [6.45, 7) is 4.32. The van der Waals surface area contributed by atoms with Gasteiger partial charge < -0.3 is 15.5 Å². The van der Waals surface area contributed by atoms with Crippen molar-refractivity contribution in [3.63, 3.8) is 0 Å². The van der Waals surface area contributed by atoms with Crippen LogP contribution < -0.4 is 10.6 Å². The van der Waals surface area contributed by atoms with Gasteiger partial charge in [-0.25, -0.2) is 19.3 Å². The van der Waals surface area contributed by atoms with E-state index in [0.29, 0.717) is 24.0 Å². The van der Waals surface area contributed by atoms with Crippen LogP contribution in [0, 0.1) is 0 Å². The summed E-state index contributed by atoms with van der Waals surface area (Å²) >= 11 is 0. The molecule has 1 amide bonds. The zero-order valence-corrected chi connectivity index (χ0v) is 20.1. The van der Waals surface area contributed by atoms with Crippen molar-refractivity contribution in [2.24, 2.45) is 0 Å². The molecule has 1 saturated heterocycles. The number of allylic oxidation sites excluding steroid dienone is 1. The first-order valence-electron chi connectivity index (χ1n) is 11.6. The van der Waals surface area contributed by atoms with Crippen LogP contribution in [0.1, 0.15) is 28.2 Å². The number of piperidine rings is 1. The molecule has 0 bridgehead atoms. The number of anilines is 1. The monoisotopic (exact) mass is 514 g/mol. The zero-order chi connectivity index (χ0) is 26.6. The summed E-state index contributed by atoms with van der Waals surface area (Å²) in [6, 6.07) is 6.02. The second-order valence-electron chi connectivity index (χ2n) is 8.83. The van der Waals surface area contributed by atoms with E-state index < -0.39 is 29.9 Å². The topological polar surface area (TPSA) is 83.0 Å². The summed E-state index contributed by atoms with van der Waals surface area (Å²) in [5, 5.41) is 6.57. The number of nitrogens with zero attached hydrogens (tertiary/aromatic N) is 4. The Morgan fingerprint density at radius 2 is 2.00 bits per heavy atom. The molecule has 194 valence electrons. The van der Waals surface area contributed by atoms with Crippen molar-refractivity contribution in [2.75, 3.05) is 32.0 Å². The number of likely N-dealkylation sites (tertiary alicyclic amines) is 1. The van der Waals surface area contributed by atoms with E-state index in [0.717, 1.165) is 0 Å². The van der Waals surface area contributed by atoms with Crippen LogP contribution in [0.25, 0.3) is 22.4 Å². The molecule has 37 heavy (non-hydrogen) atoms. The maximum absolute atomic E-state index is 14.7. The van der Waals surface area contributed by atoms with Gasteiger partial charge in [0.05, 0.1) is 28.6 Å². The second kappa shape index (κ2) is 11.0. The van der Waals surface area contributed by atoms with E-state index in [4.69, 9.17) is 0 Å². The maximum Gasteiger partial charge on any atom is 0.417 e. The lowest BCUT2D eigenvalue weighted by molar-refractivity contribution is -0.0688. The fourth-order valence-electron chi connectivity index (χ4n) is 4.14. The van der Waals surface area contributed by atoms with E-state index in [1.165, 1.54) is 30.9 Å². The van der Waals surface area contributed by atoms with Crippen LogP contribution in [-0.4, -0.2) is 70.8 Å². The molecule has 2 aromatic heterocycles. The molecule has 0 radical (unpaired) electrons. The van der Waals surface area contributed by atoms with Crippen LogP contribution in [0.2, 0.25) is 0 Å². The summed E-state index contributed by atoms with van der Waals surface area (Å²) in [7, 11) is 1.84. The van der Waals surface area contributed by atoms with Gasteiger partial charge in [0.15, 0.2) is 0 Å². The minimum absolute atomic E-state index is 0.0992. The van der Waals surface area contributed by atoms with E-state index in [2.05, 4.69) is 32.2 Å². The van der Waals surface area contributed by atoms with Gasteiger partial charge in [-0.3, -0.25) is 4.79 Å². The highest BCUT2D eigenvalue weighted by atomic mass is 19.4. The number of nitrogens with one attached hydrogen (secondary N) is 2. The number of amides is 1. The van der Waals surface area contributed by atoms with Crippen molar-refractivity contribution in [3.05, 3.63) is 72.6 Å². The Bertz CT molecular complexity index is 1310. The largest absolute Gasteiger partial charge is 0.417 e. The Labute approximate surface area is 211 Å². The van der Waals surface area contributed by atoms with Gasteiger partial charge in [0.1, 0.15) is 12.5 Å². The molecule has 0 aliphatic carbocycles. The van der Waals surface area contributed by atoms with Crippen molar-refractivity contribution >= 4 is 34.0 Å². The molecule has 1 aliphatic rings. The summed E-state index contributed by atoms with van der Waals surface area (Å²) < 4.78 is 55.6. The lowest BCUT2D eigenvalue weighted by Crippen LogP contribution is -2.46. The Morgan fingerprint density at radius 1 is 1.24 bits per heavy atom. The molecule has 3 heterocycles. The molecule has 1 aromatic carbocycles. The Kier molecular flexibility index (Phi) is 7.82. The second-order valence-corrected chi connectivity index (χ2v) is 8.83. The van der Waals surface area contributed by atoms with Gasteiger partial charge in [-0.15, -0.1) is 0 Å². The average molecular weight is 515 g/mol. The lowest BCUT2D eigenvalue weighted by Gasteiger charge is -2.33. The third-order valence-electron chi connectivity index (χ3n) is 6.10. The van der Waals surface area contributed by atoms with Gasteiger partial charge in [-0.2, -0.15) is 13.2 Å². The zero-order valence-electron chi connectivity index (χ0n) is 20.1. The number of alkyl halides is 4. The van der Waals surface area contributed by atoms with E-state index in [9.17, 15) is 22.4 Å². The van der Waals surface area contributed by atoms with Crippen LogP contribution in [0.4, 0.5) is 23.2 Å². The molecule has 0 spiro atoms. The molecule has 11 heteroatoms. The normalized spacial score (nSPS) is 18.7. The number of carbonyl (C=O) groups is 1. The molecule has 1 fully saturated rings. The summed E-state index contributed by atoms with van der Waals surface area (Å²) in [5.41, 5.74) is -0.358. The Morgan fingerprint density at radius 3 is 2.70 bits per heavy atom. The van der Waals surface area contributed by atoms with Crippen LogP contribution in [0.5, 0.6) is 0 Å². The number of aromatic nitrogens is 3. The number of benzene rings is 1. The molecule has 0 unspecified atom stereocenters. The SMILES string of the molecule is C=C(c1nc(/C=C/CNC(=O)c2cncnc2)cc2c(N[C@@H]3CCN(C)C[C@@H]3F)cccc12)C(F)(F)F. The van der Waals surface area contributed by atoms with Crippen molar-refractivity contribution in [2.45, 2.75) is 24.8 Å². The molecule has 4 rings (SSSR count). The minimum Gasteiger partial charge on any atom is -0.379 e. The molecule has 2 atom stereocenters.